The molecule has 8 rings (SSSR count). The highest BCUT2D eigenvalue weighted by molar-refractivity contribution is 7.25. The van der Waals surface area contributed by atoms with Gasteiger partial charge in [-0.3, -0.25) is 9.36 Å². The first kappa shape index (κ1) is 45.7. The van der Waals surface area contributed by atoms with Crippen molar-refractivity contribution >= 4 is 31.8 Å². The zero-order valence-electron chi connectivity index (χ0n) is 37.6. The van der Waals surface area contributed by atoms with Crippen LogP contribution in [-0.2, 0) is 29.2 Å². The van der Waals surface area contributed by atoms with Crippen molar-refractivity contribution in [2.45, 2.75) is 88.9 Å². The second-order valence-electron chi connectivity index (χ2n) is 16.6. The number of hydrogen-bond donors (Lipinski definition) is 1. The van der Waals surface area contributed by atoms with Gasteiger partial charge in [0.2, 0.25) is 0 Å². The van der Waals surface area contributed by atoms with Crippen molar-refractivity contribution in [3.8, 4) is 17.6 Å². The number of anilines is 1. The highest BCUT2D eigenvalue weighted by Crippen LogP contribution is 2.55. The van der Waals surface area contributed by atoms with E-state index >= 15 is 0 Å². The molecule has 15 nitrogen and oxygen atoms in total. The van der Waals surface area contributed by atoms with Gasteiger partial charge in [0.1, 0.15) is 59.9 Å². The van der Waals surface area contributed by atoms with Crippen molar-refractivity contribution in [3.05, 3.63) is 144 Å². The van der Waals surface area contributed by atoms with E-state index < -0.39 is 35.7 Å². The molecule has 1 amide bonds. The number of aromatic nitrogens is 4. The van der Waals surface area contributed by atoms with Crippen molar-refractivity contribution < 1.29 is 42.3 Å². The number of nitrogens with one attached hydrogen (secondary N) is 1. The first-order chi connectivity index (χ1) is 31.5. The average Bonchev–Trinajstić information content (AvgIpc) is 4.03. The first-order valence-corrected chi connectivity index (χ1v) is 22.6. The molecule has 2 aliphatic rings. The lowest BCUT2D eigenvalue weighted by atomic mass is 9.79. The Hall–Kier alpha value is -5.82. The Kier molecular flexibility index (Phi) is 13.6. The van der Waals surface area contributed by atoms with Crippen LogP contribution in [0.15, 0.2) is 122 Å². The topological polar surface area (TPSA) is 161 Å². The van der Waals surface area contributed by atoms with Crippen LogP contribution < -0.4 is 14.8 Å². The number of carbonyl (C=O) groups excluding carboxylic acids is 1. The predicted octanol–water partition coefficient (Wildman–Crippen LogP) is 8.53. The van der Waals surface area contributed by atoms with Gasteiger partial charge in [-0.1, -0.05) is 72.8 Å². The van der Waals surface area contributed by atoms with Crippen molar-refractivity contribution in [3.63, 3.8) is 0 Å². The van der Waals surface area contributed by atoms with E-state index in [2.05, 4.69) is 61.2 Å². The summed E-state index contributed by atoms with van der Waals surface area (Å²) in [7, 11) is 3.05. The monoisotopic (exact) mass is 900 g/mol. The molecule has 1 N–H and O–H groups in total. The minimum Gasteiger partial charge on any atom is -0.497 e. The Morgan fingerprint density at radius 3 is 2.06 bits per heavy atom. The van der Waals surface area contributed by atoms with Crippen LogP contribution in [0.1, 0.15) is 74.3 Å². The minimum absolute atomic E-state index is 0.0250. The van der Waals surface area contributed by atoms with Gasteiger partial charge in [-0.25, -0.2) is 15.0 Å². The van der Waals surface area contributed by atoms with Crippen molar-refractivity contribution in [2.24, 2.45) is 0 Å². The third-order valence-corrected chi connectivity index (χ3v) is 14.2. The Labute approximate surface area is 381 Å². The molecule has 2 fully saturated rings. The van der Waals surface area contributed by atoms with Crippen LogP contribution in [0.25, 0.3) is 11.2 Å². The van der Waals surface area contributed by atoms with E-state index in [1.54, 1.807) is 49.4 Å². The summed E-state index contributed by atoms with van der Waals surface area (Å²) >= 11 is 0. The van der Waals surface area contributed by atoms with Crippen LogP contribution in [0.2, 0.25) is 0 Å². The molecule has 0 saturated carbocycles. The van der Waals surface area contributed by atoms with E-state index in [0.29, 0.717) is 28.2 Å². The van der Waals surface area contributed by atoms with E-state index in [0.717, 1.165) is 16.7 Å². The maximum absolute atomic E-state index is 13.3. The second kappa shape index (κ2) is 19.3. The Morgan fingerprint density at radius 1 is 0.877 bits per heavy atom. The first-order valence-electron chi connectivity index (χ1n) is 21.7. The molecule has 16 heteroatoms. The average molecular weight is 901 g/mol. The van der Waals surface area contributed by atoms with E-state index in [1.807, 2.05) is 79.7 Å². The highest BCUT2D eigenvalue weighted by atomic mass is 31.1. The van der Waals surface area contributed by atoms with Gasteiger partial charge in [0.25, 0.3) is 14.9 Å². The summed E-state index contributed by atoms with van der Waals surface area (Å²) in [4.78, 5) is 33.6. The molecule has 0 aliphatic carbocycles. The number of quaternary nitrogens is 1. The number of hydroxylamine groups is 2. The summed E-state index contributed by atoms with van der Waals surface area (Å²) in [5.41, 5.74) is 1.46. The molecule has 2 saturated heterocycles. The van der Waals surface area contributed by atoms with Gasteiger partial charge in [-0.15, -0.1) is 4.42 Å². The molecule has 0 spiro atoms. The van der Waals surface area contributed by atoms with Crippen LogP contribution in [0.3, 0.4) is 0 Å². The van der Waals surface area contributed by atoms with Crippen LogP contribution in [0.4, 0.5) is 5.82 Å². The largest absolute Gasteiger partial charge is 0.497 e. The molecule has 65 heavy (non-hydrogen) atoms. The standard InChI is InChI=1S/C49H54N7O8P/c1-32(2)56(33(3)4,61-28-14-27-50)65-64-43-42-47(55-31-53-41-44(51-30-52-45(41)55)54-46(57)35-15-10-8-11-16-35)63-48(43,29-60-42)34(5)62-49(36-17-12-9-13-18-36,37-19-23-39(58-6)24-20-37)38-21-25-40(59-7)26-22-38/h8-13,15-26,30-34,42-43,47,65H,14,28-29H2,1-7H3/p+1/t34-,42-,43+,47-,48-/m1/s1. The Bertz CT molecular complexity index is 2540. The molecule has 4 aromatic carbocycles. The smallest absolute Gasteiger partial charge is 0.273 e. The summed E-state index contributed by atoms with van der Waals surface area (Å²) in [6, 6.07) is 36.9. The number of methoxy groups -OCH3 is 2. The van der Waals surface area contributed by atoms with Gasteiger partial charge in [0.15, 0.2) is 23.2 Å². The fraction of sp³-hybridized carbons (Fsp3) is 0.367. The number of amides is 1. The third-order valence-electron chi connectivity index (χ3n) is 12.4. The van der Waals surface area contributed by atoms with Crippen LogP contribution >= 0.6 is 8.96 Å². The van der Waals surface area contributed by atoms with Crippen molar-refractivity contribution in [1.29, 1.82) is 5.26 Å². The summed E-state index contributed by atoms with van der Waals surface area (Å²) in [6.45, 7) is 10.7. The molecule has 2 aliphatic heterocycles. The van der Waals surface area contributed by atoms with Gasteiger partial charge in [-0.2, -0.15) is 10.1 Å². The lowest BCUT2D eigenvalue weighted by Crippen LogP contribution is -2.55. The molecule has 1 unspecified atom stereocenters. The number of hydrogen-bond acceptors (Lipinski definition) is 12. The number of imidazole rings is 1. The molecule has 2 aromatic heterocycles. The lowest BCUT2D eigenvalue weighted by Gasteiger charge is -2.45. The molecule has 2 bridgehead atoms. The number of carbonyl (C=O) groups is 1. The fourth-order valence-electron chi connectivity index (χ4n) is 8.93. The number of nitrogens with zero attached hydrogens (tertiary/aromatic N) is 6. The lowest BCUT2D eigenvalue weighted by molar-refractivity contribution is -1.04. The quantitative estimate of drug-likeness (QED) is 0.0358. The Balaban J connectivity index is 1.24. The molecule has 0 radical (unpaired) electrons. The van der Waals surface area contributed by atoms with E-state index in [-0.39, 0.29) is 56.8 Å². The van der Waals surface area contributed by atoms with Crippen molar-refractivity contribution in [2.75, 3.05) is 32.8 Å². The SMILES string of the molecule is COc1ccc(C(O[C@H](C)[C@@]23CO[C@@H]([C@H](n4cnc5c(NC(=O)c6ccccc6)ncnc54)O2)[C@@H]3OP[N+](OCCC#N)(C(C)C)C(C)C)(c2ccccc2)c2ccc(OC)cc2)cc1. The predicted molar refractivity (Wildman–Crippen MR) is 245 cm³/mol. The molecule has 338 valence electrons. The van der Waals surface area contributed by atoms with Gasteiger partial charge in [-0.05, 0) is 87.7 Å². The van der Waals surface area contributed by atoms with Crippen LogP contribution in [0.5, 0.6) is 11.5 Å². The zero-order chi connectivity index (χ0) is 45.8. The fourth-order valence-corrected chi connectivity index (χ4v) is 10.1. The van der Waals surface area contributed by atoms with Crippen LogP contribution in [0, 0.1) is 11.3 Å². The highest BCUT2D eigenvalue weighted by Gasteiger charge is 2.68. The van der Waals surface area contributed by atoms with Crippen LogP contribution in [-0.4, -0.2) is 93.3 Å². The number of ether oxygens (including phenoxy) is 5. The number of rotatable bonds is 19. The number of benzene rings is 4. The Morgan fingerprint density at radius 2 is 1.48 bits per heavy atom. The maximum Gasteiger partial charge on any atom is 0.273 e. The molecule has 6 atom stereocenters. The third kappa shape index (κ3) is 8.48. The number of fused-ring (bicyclic) bond motifs is 3. The maximum atomic E-state index is 13.3. The summed E-state index contributed by atoms with van der Waals surface area (Å²) in [5.74, 6) is 1.33. The minimum atomic E-state index is -1.22. The zero-order valence-corrected chi connectivity index (χ0v) is 38.6. The van der Waals surface area contributed by atoms with Gasteiger partial charge < -0.3 is 33.5 Å². The second-order valence-corrected chi connectivity index (χ2v) is 17.8. The summed E-state index contributed by atoms with van der Waals surface area (Å²) < 4.78 is 42.2. The number of nitriles is 1. The molecule has 4 heterocycles. The summed E-state index contributed by atoms with van der Waals surface area (Å²) in [6.07, 6.45) is 0.363. The molecular formula is C49H55N7O8P+. The normalized spacial score (nSPS) is 20.2. The summed E-state index contributed by atoms with van der Waals surface area (Å²) in [5, 5.41) is 12.4. The van der Waals surface area contributed by atoms with Crippen molar-refractivity contribution in [1.82, 2.24) is 19.5 Å². The van der Waals surface area contributed by atoms with Gasteiger partial charge in [0.05, 0.1) is 45.7 Å². The van der Waals surface area contributed by atoms with E-state index in [9.17, 15) is 10.1 Å². The van der Waals surface area contributed by atoms with E-state index in [4.69, 9.17) is 38.0 Å². The van der Waals surface area contributed by atoms with Gasteiger partial charge in [0, 0.05) is 5.56 Å². The molecule has 6 aromatic rings. The van der Waals surface area contributed by atoms with E-state index in [1.165, 1.54) is 6.33 Å². The van der Waals surface area contributed by atoms with Gasteiger partial charge >= 0.3 is 0 Å². The molecular weight excluding hydrogens is 846 g/mol.